The molecule has 3 aromatic rings. The topological polar surface area (TPSA) is 43.3 Å². The summed E-state index contributed by atoms with van der Waals surface area (Å²) in [4.78, 5) is 12.3. The third-order valence-corrected chi connectivity index (χ3v) is 4.43. The maximum Gasteiger partial charge on any atom is 0.224 e. The van der Waals surface area contributed by atoms with Crippen LogP contribution in [0.4, 0.5) is 0 Å². The molecule has 2 aromatic carbocycles. The van der Waals surface area contributed by atoms with Crippen molar-refractivity contribution < 1.29 is 9.53 Å². The molecule has 0 aliphatic carbocycles. The highest BCUT2D eigenvalue weighted by atomic mass is 16.5. The summed E-state index contributed by atoms with van der Waals surface area (Å²) in [6.45, 7) is 5.21. The zero-order valence-electron chi connectivity index (χ0n) is 15.7. The summed E-state index contributed by atoms with van der Waals surface area (Å²) in [7, 11) is 2.01. The Morgan fingerprint density at radius 3 is 2.50 bits per heavy atom. The Hall–Kier alpha value is -2.59. The molecule has 0 aliphatic heterocycles. The van der Waals surface area contributed by atoms with Crippen molar-refractivity contribution in [2.24, 2.45) is 7.05 Å². The minimum atomic E-state index is 0.0357. The highest BCUT2D eigenvalue weighted by molar-refractivity contribution is 5.89. The minimum absolute atomic E-state index is 0.0357. The van der Waals surface area contributed by atoms with Crippen molar-refractivity contribution in [2.45, 2.75) is 39.5 Å². The zero-order valence-corrected chi connectivity index (χ0v) is 15.7. The van der Waals surface area contributed by atoms with Gasteiger partial charge in [-0.2, -0.15) is 0 Å². The third-order valence-electron chi connectivity index (χ3n) is 4.43. The molecule has 0 atom stereocenters. The molecule has 26 heavy (non-hydrogen) atoms. The number of hydrogen-bond acceptors (Lipinski definition) is 2. The Kier molecular flexibility index (Phi) is 5.74. The average molecular weight is 350 g/mol. The SMILES string of the molecule is CC(C)OCc1ccc(CNC(=O)Cc2cn(C)c3ccccc23)cc1. The lowest BCUT2D eigenvalue weighted by Crippen LogP contribution is -2.24. The van der Waals surface area contributed by atoms with Gasteiger partial charge in [0.1, 0.15) is 0 Å². The largest absolute Gasteiger partial charge is 0.374 e. The molecule has 0 spiro atoms. The number of ether oxygens (including phenoxy) is 1. The van der Waals surface area contributed by atoms with Crippen molar-refractivity contribution in [2.75, 3.05) is 0 Å². The predicted octanol–water partition coefficient (Wildman–Crippen LogP) is 3.96. The first-order valence-electron chi connectivity index (χ1n) is 9.02. The molecule has 0 saturated carbocycles. The van der Waals surface area contributed by atoms with Gasteiger partial charge in [-0.25, -0.2) is 0 Å². The number of aromatic nitrogens is 1. The van der Waals surface area contributed by atoms with E-state index < -0.39 is 0 Å². The van der Waals surface area contributed by atoms with E-state index in [9.17, 15) is 4.79 Å². The number of para-hydroxylation sites is 1. The van der Waals surface area contributed by atoms with Crippen LogP contribution in [0.15, 0.2) is 54.7 Å². The van der Waals surface area contributed by atoms with Crippen molar-refractivity contribution in [3.8, 4) is 0 Å². The van der Waals surface area contributed by atoms with E-state index in [-0.39, 0.29) is 12.0 Å². The molecule has 3 rings (SSSR count). The molecule has 136 valence electrons. The van der Waals surface area contributed by atoms with Crippen LogP contribution in [0.1, 0.15) is 30.5 Å². The van der Waals surface area contributed by atoms with Crippen LogP contribution in [0.3, 0.4) is 0 Å². The van der Waals surface area contributed by atoms with Crippen molar-refractivity contribution in [3.05, 3.63) is 71.4 Å². The predicted molar refractivity (Wildman–Crippen MR) is 105 cm³/mol. The summed E-state index contributed by atoms with van der Waals surface area (Å²) in [5.41, 5.74) is 4.44. The van der Waals surface area contributed by atoms with E-state index in [1.54, 1.807) is 0 Å². The molecule has 0 bridgehead atoms. The van der Waals surface area contributed by atoms with Crippen LogP contribution in [0.5, 0.6) is 0 Å². The van der Waals surface area contributed by atoms with Gasteiger partial charge in [0.15, 0.2) is 0 Å². The minimum Gasteiger partial charge on any atom is -0.374 e. The summed E-state index contributed by atoms with van der Waals surface area (Å²) in [5.74, 6) is 0.0357. The molecule has 0 radical (unpaired) electrons. The average Bonchev–Trinajstić information content (AvgIpc) is 2.95. The lowest BCUT2D eigenvalue weighted by molar-refractivity contribution is -0.120. The summed E-state index contributed by atoms with van der Waals surface area (Å²) in [6, 6.07) is 16.3. The number of benzene rings is 2. The van der Waals surface area contributed by atoms with Gasteiger partial charge in [-0.05, 0) is 36.6 Å². The van der Waals surface area contributed by atoms with E-state index in [0.29, 0.717) is 19.6 Å². The third kappa shape index (κ3) is 4.52. The fourth-order valence-corrected chi connectivity index (χ4v) is 3.02. The van der Waals surface area contributed by atoms with E-state index in [4.69, 9.17) is 4.74 Å². The molecule has 1 amide bonds. The Balaban J connectivity index is 1.55. The molecular weight excluding hydrogens is 324 g/mol. The van der Waals surface area contributed by atoms with E-state index >= 15 is 0 Å². The van der Waals surface area contributed by atoms with Crippen LogP contribution in [-0.2, 0) is 36.2 Å². The lowest BCUT2D eigenvalue weighted by atomic mass is 10.1. The maximum atomic E-state index is 12.3. The molecule has 1 heterocycles. The first kappa shape index (κ1) is 18.2. The molecule has 0 aliphatic rings. The number of hydrogen-bond donors (Lipinski definition) is 1. The van der Waals surface area contributed by atoms with Crippen LogP contribution < -0.4 is 5.32 Å². The Labute approximate surface area is 154 Å². The van der Waals surface area contributed by atoms with Gasteiger partial charge < -0.3 is 14.6 Å². The Morgan fingerprint density at radius 2 is 1.77 bits per heavy atom. The van der Waals surface area contributed by atoms with Gasteiger partial charge in [-0.1, -0.05) is 42.5 Å². The molecular formula is C22H26N2O2. The van der Waals surface area contributed by atoms with Gasteiger partial charge in [-0.15, -0.1) is 0 Å². The Bertz CT molecular complexity index is 879. The highest BCUT2D eigenvalue weighted by Crippen LogP contribution is 2.20. The molecule has 4 heteroatoms. The molecule has 1 N–H and O–H groups in total. The fourth-order valence-electron chi connectivity index (χ4n) is 3.02. The van der Waals surface area contributed by atoms with Crippen LogP contribution in [-0.4, -0.2) is 16.6 Å². The maximum absolute atomic E-state index is 12.3. The summed E-state index contributed by atoms with van der Waals surface area (Å²) < 4.78 is 7.66. The molecule has 4 nitrogen and oxygen atoms in total. The zero-order chi connectivity index (χ0) is 18.5. The van der Waals surface area contributed by atoms with Crippen molar-refractivity contribution in [1.82, 2.24) is 9.88 Å². The first-order valence-corrected chi connectivity index (χ1v) is 9.02. The van der Waals surface area contributed by atoms with E-state index in [2.05, 4.69) is 34.1 Å². The molecule has 0 unspecified atom stereocenters. The van der Waals surface area contributed by atoms with Crippen molar-refractivity contribution in [3.63, 3.8) is 0 Å². The van der Waals surface area contributed by atoms with Crippen molar-refractivity contribution >= 4 is 16.8 Å². The van der Waals surface area contributed by atoms with Crippen LogP contribution in [0.2, 0.25) is 0 Å². The number of aryl methyl sites for hydroxylation is 1. The smallest absolute Gasteiger partial charge is 0.224 e. The van der Waals surface area contributed by atoms with Gasteiger partial charge in [-0.3, -0.25) is 4.79 Å². The molecule has 0 saturated heterocycles. The summed E-state index contributed by atoms with van der Waals surface area (Å²) >= 11 is 0. The first-order chi connectivity index (χ1) is 12.5. The Morgan fingerprint density at radius 1 is 1.08 bits per heavy atom. The van der Waals surface area contributed by atoms with Gasteiger partial charge in [0.25, 0.3) is 0 Å². The number of amides is 1. The normalized spacial score (nSPS) is 11.2. The number of carbonyl (C=O) groups excluding carboxylic acids is 1. The number of nitrogens with one attached hydrogen (secondary N) is 1. The number of fused-ring (bicyclic) bond motifs is 1. The summed E-state index contributed by atoms with van der Waals surface area (Å²) in [5, 5.41) is 4.15. The molecule has 0 fully saturated rings. The monoisotopic (exact) mass is 350 g/mol. The van der Waals surface area contributed by atoms with E-state index in [1.165, 1.54) is 0 Å². The van der Waals surface area contributed by atoms with E-state index in [0.717, 1.165) is 27.6 Å². The van der Waals surface area contributed by atoms with Gasteiger partial charge >= 0.3 is 0 Å². The second-order valence-electron chi connectivity index (χ2n) is 6.91. The quantitative estimate of drug-likeness (QED) is 0.701. The summed E-state index contributed by atoms with van der Waals surface area (Å²) in [6.07, 6.45) is 2.65. The van der Waals surface area contributed by atoms with Crippen LogP contribution in [0.25, 0.3) is 10.9 Å². The van der Waals surface area contributed by atoms with Crippen molar-refractivity contribution in [1.29, 1.82) is 0 Å². The van der Waals surface area contributed by atoms with Crippen LogP contribution >= 0.6 is 0 Å². The number of carbonyl (C=O) groups is 1. The highest BCUT2D eigenvalue weighted by Gasteiger charge is 2.10. The van der Waals surface area contributed by atoms with E-state index in [1.807, 2.05) is 51.4 Å². The van der Waals surface area contributed by atoms with Crippen LogP contribution in [0, 0.1) is 0 Å². The second-order valence-corrected chi connectivity index (χ2v) is 6.91. The van der Waals surface area contributed by atoms with Gasteiger partial charge in [0.05, 0.1) is 19.1 Å². The van der Waals surface area contributed by atoms with Gasteiger partial charge in [0, 0.05) is 30.7 Å². The second kappa shape index (κ2) is 8.19. The fraction of sp³-hybridized carbons (Fsp3) is 0.318. The number of nitrogens with zero attached hydrogens (tertiary/aromatic N) is 1. The molecule has 1 aromatic heterocycles. The standard InChI is InChI=1S/C22H26N2O2/c1-16(2)26-15-18-10-8-17(9-11-18)13-23-22(25)12-19-14-24(3)21-7-5-4-6-20(19)21/h4-11,14,16H,12-13,15H2,1-3H3,(H,23,25). The number of rotatable bonds is 7. The lowest BCUT2D eigenvalue weighted by Gasteiger charge is -2.09. The van der Waals surface area contributed by atoms with Gasteiger partial charge in [0.2, 0.25) is 5.91 Å².